The average Bonchev–Trinajstić information content (AvgIpc) is 3.47. The van der Waals surface area contributed by atoms with E-state index in [1.54, 1.807) is 56.7 Å². The summed E-state index contributed by atoms with van der Waals surface area (Å²) in [4.78, 5) is 41.5. The largest absolute Gasteiger partial charge is 0.497 e. The molecule has 13 heteroatoms. The van der Waals surface area contributed by atoms with Gasteiger partial charge in [0.25, 0.3) is 0 Å². The van der Waals surface area contributed by atoms with Gasteiger partial charge < -0.3 is 34.3 Å². The van der Waals surface area contributed by atoms with Gasteiger partial charge in [0, 0.05) is 43.2 Å². The van der Waals surface area contributed by atoms with E-state index in [1.165, 1.54) is 6.08 Å². The highest BCUT2D eigenvalue weighted by Crippen LogP contribution is 2.37. The number of likely N-dealkylation sites (tertiary alicyclic amines) is 1. The third-order valence-electron chi connectivity index (χ3n) is 13.5. The van der Waals surface area contributed by atoms with Gasteiger partial charge in [-0.15, -0.1) is 0 Å². The van der Waals surface area contributed by atoms with Crippen molar-refractivity contribution in [3.63, 3.8) is 0 Å². The fourth-order valence-corrected chi connectivity index (χ4v) is 9.41. The van der Waals surface area contributed by atoms with Crippen molar-refractivity contribution in [3.05, 3.63) is 213 Å². The van der Waals surface area contributed by atoms with Crippen molar-refractivity contribution in [2.24, 2.45) is 0 Å². The second-order valence-corrected chi connectivity index (χ2v) is 19.2. The van der Waals surface area contributed by atoms with E-state index in [2.05, 4.69) is 52.8 Å². The molecule has 8 rings (SSSR count). The Morgan fingerprint density at radius 3 is 2.23 bits per heavy atom. The Morgan fingerprint density at radius 1 is 0.701 bits per heavy atom. The van der Waals surface area contributed by atoms with Crippen LogP contribution in [-0.2, 0) is 42.5 Å². The molecular formula is C64H63ClN4O8. The first-order valence-electron chi connectivity index (χ1n) is 25.8. The number of nitrogens with zero attached hydrogens (tertiary/aromatic N) is 2. The van der Waals surface area contributed by atoms with E-state index < -0.39 is 0 Å². The van der Waals surface area contributed by atoms with Crippen LogP contribution >= 0.6 is 11.6 Å². The molecule has 0 spiro atoms. The number of carbonyl (C=O) groups excluding carboxylic acids is 3. The minimum atomic E-state index is -0.375. The maximum Gasteiger partial charge on any atom is 0.237 e. The van der Waals surface area contributed by atoms with E-state index in [4.69, 9.17) is 35.3 Å². The average molecular weight is 1050 g/mol. The van der Waals surface area contributed by atoms with E-state index in [0.717, 1.165) is 62.9 Å². The molecule has 1 aliphatic rings. The fourth-order valence-electron chi connectivity index (χ4n) is 9.17. The lowest BCUT2D eigenvalue weighted by molar-refractivity contribution is -0.128. The standard InChI is InChI=1S/C64H63ClN4O8/c1-44-52(16-10-17-55(44)50-14-5-4-6-15-50)43-77-61-37-60(76-42-49-13-9-12-48(34-49)38-66)53(36-56(61)65)40-69-33-8-7-18-57(69)64(72)67-32-11-19-63(71)68-39-46-20-22-47(23-21-46)41-75-59-31-25-45(35-62(59)74-3)24-30-58(70)51-26-28-54(73-2)29-27-51/h4-6,9-10,12-17,20-31,34-37,57H,7-8,11,18-19,32-33,39-43H2,1-3H3,(H,67,72)(H,68,71)/b30-24+. The second kappa shape index (κ2) is 27.4. The number of hydrogen-bond acceptors (Lipinski definition) is 10. The van der Waals surface area contributed by atoms with Crippen molar-refractivity contribution in [1.82, 2.24) is 15.5 Å². The van der Waals surface area contributed by atoms with Gasteiger partial charge in [-0.05, 0) is 138 Å². The van der Waals surface area contributed by atoms with Crippen LogP contribution < -0.4 is 34.3 Å². The van der Waals surface area contributed by atoms with Crippen LogP contribution in [0.3, 0.4) is 0 Å². The SMILES string of the molecule is COc1ccc(C(=O)/C=C/c2ccc(OCc3ccc(CNC(=O)CCCNC(=O)C4CCCCN4Cc4cc(Cl)c(OCc5cccc(-c6ccccc6)c5C)cc4OCc4cccc(C#N)c4)cc3)c(OC)c2)cc1. The maximum atomic E-state index is 13.8. The van der Waals surface area contributed by atoms with Crippen molar-refractivity contribution in [2.45, 2.75) is 78.0 Å². The molecule has 0 saturated carbocycles. The molecule has 1 saturated heterocycles. The highest BCUT2D eigenvalue weighted by Gasteiger charge is 2.30. The van der Waals surface area contributed by atoms with Crippen molar-refractivity contribution in [1.29, 1.82) is 5.26 Å². The number of carbonyl (C=O) groups is 3. The number of nitriles is 1. The van der Waals surface area contributed by atoms with Gasteiger partial charge in [0.2, 0.25) is 11.8 Å². The molecule has 1 fully saturated rings. The number of piperidine rings is 1. The summed E-state index contributed by atoms with van der Waals surface area (Å²) in [5.41, 5.74) is 9.86. The summed E-state index contributed by atoms with van der Waals surface area (Å²) < 4.78 is 29.8. The molecule has 0 aliphatic carbocycles. The Balaban J connectivity index is 0.806. The fraction of sp³-hybridized carbons (Fsp3) is 0.250. The summed E-state index contributed by atoms with van der Waals surface area (Å²) in [6.45, 7) is 4.77. The van der Waals surface area contributed by atoms with E-state index in [9.17, 15) is 19.6 Å². The zero-order valence-electron chi connectivity index (χ0n) is 43.7. The Morgan fingerprint density at radius 2 is 1.45 bits per heavy atom. The topological polar surface area (TPSA) is 148 Å². The van der Waals surface area contributed by atoms with Crippen molar-refractivity contribution < 1.29 is 38.1 Å². The zero-order chi connectivity index (χ0) is 53.9. The minimum absolute atomic E-state index is 0.0777. The quantitative estimate of drug-likeness (QED) is 0.0340. The summed E-state index contributed by atoms with van der Waals surface area (Å²) in [6, 6.07) is 49.6. The molecule has 7 aromatic rings. The molecule has 77 heavy (non-hydrogen) atoms. The smallest absolute Gasteiger partial charge is 0.237 e. The number of halogens is 1. The molecule has 1 aliphatic heterocycles. The molecule has 12 nitrogen and oxygen atoms in total. The number of hydrogen-bond donors (Lipinski definition) is 2. The van der Waals surface area contributed by atoms with E-state index in [-0.39, 0.29) is 36.7 Å². The molecule has 0 radical (unpaired) electrons. The summed E-state index contributed by atoms with van der Waals surface area (Å²) in [5.74, 6) is 2.54. The van der Waals surface area contributed by atoms with Gasteiger partial charge in [-0.25, -0.2) is 0 Å². The summed E-state index contributed by atoms with van der Waals surface area (Å²) in [7, 11) is 3.15. The lowest BCUT2D eigenvalue weighted by Crippen LogP contribution is -2.49. The Labute approximate surface area is 456 Å². The molecule has 7 aromatic carbocycles. The van der Waals surface area contributed by atoms with Crippen LogP contribution in [0.2, 0.25) is 5.02 Å². The number of allylic oxidation sites excluding steroid dienone is 1. The summed E-state index contributed by atoms with van der Waals surface area (Å²) >= 11 is 6.99. The van der Waals surface area contributed by atoms with E-state index in [0.29, 0.717) is 97.1 Å². The van der Waals surface area contributed by atoms with Gasteiger partial charge in [0.1, 0.15) is 37.1 Å². The lowest BCUT2D eigenvalue weighted by Gasteiger charge is -2.35. The number of methoxy groups -OCH3 is 2. The van der Waals surface area contributed by atoms with Gasteiger partial charge in [-0.3, -0.25) is 19.3 Å². The van der Waals surface area contributed by atoms with Gasteiger partial charge >= 0.3 is 0 Å². The third-order valence-corrected chi connectivity index (χ3v) is 13.8. The zero-order valence-corrected chi connectivity index (χ0v) is 44.4. The van der Waals surface area contributed by atoms with Gasteiger partial charge in [0.15, 0.2) is 17.3 Å². The first-order valence-corrected chi connectivity index (χ1v) is 26.2. The molecule has 1 atom stereocenters. The molecule has 1 unspecified atom stereocenters. The number of rotatable bonds is 24. The highest BCUT2D eigenvalue weighted by molar-refractivity contribution is 6.32. The molecule has 0 aromatic heterocycles. The summed E-state index contributed by atoms with van der Waals surface area (Å²) in [5, 5.41) is 16.0. The first kappa shape index (κ1) is 54.9. The number of nitrogens with one attached hydrogen (secondary N) is 2. The van der Waals surface area contributed by atoms with Crippen molar-refractivity contribution in [3.8, 4) is 45.9 Å². The van der Waals surface area contributed by atoms with Crippen molar-refractivity contribution >= 4 is 35.3 Å². The Bertz CT molecular complexity index is 3210. The minimum Gasteiger partial charge on any atom is -0.497 e. The van der Waals surface area contributed by atoms with E-state index in [1.807, 2.05) is 91.0 Å². The summed E-state index contributed by atoms with van der Waals surface area (Å²) in [6.07, 6.45) is 6.56. The van der Waals surface area contributed by atoms with Crippen LogP contribution in [0.1, 0.15) is 87.0 Å². The Hall–Kier alpha value is -8.37. The molecular weight excluding hydrogens is 988 g/mol. The van der Waals surface area contributed by atoms with Crippen LogP contribution in [0.15, 0.2) is 158 Å². The monoisotopic (exact) mass is 1050 g/mol. The molecule has 2 amide bonds. The van der Waals surface area contributed by atoms with Crippen LogP contribution in [0, 0.1) is 18.3 Å². The molecule has 0 bridgehead atoms. The third kappa shape index (κ3) is 15.4. The predicted molar refractivity (Wildman–Crippen MR) is 300 cm³/mol. The number of ether oxygens (including phenoxy) is 5. The first-order chi connectivity index (χ1) is 37.6. The van der Waals surface area contributed by atoms with Gasteiger partial charge in [-0.1, -0.05) is 115 Å². The number of benzene rings is 7. The normalized spacial score (nSPS) is 13.3. The number of ketones is 1. The van der Waals surface area contributed by atoms with Gasteiger partial charge in [0.05, 0.1) is 36.9 Å². The van der Waals surface area contributed by atoms with Crippen LogP contribution in [-0.4, -0.2) is 55.8 Å². The van der Waals surface area contributed by atoms with Crippen molar-refractivity contribution in [2.75, 3.05) is 27.3 Å². The number of amides is 2. The van der Waals surface area contributed by atoms with Crippen LogP contribution in [0.25, 0.3) is 17.2 Å². The van der Waals surface area contributed by atoms with E-state index >= 15 is 0 Å². The molecule has 1 heterocycles. The lowest BCUT2D eigenvalue weighted by atomic mass is 9.97. The molecule has 2 N–H and O–H groups in total. The Kier molecular flexibility index (Phi) is 19.5. The maximum absolute atomic E-state index is 13.8. The van der Waals surface area contributed by atoms with Gasteiger partial charge in [-0.2, -0.15) is 5.26 Å². The predicted octanol–water partition coefficient (Wildman–Crippen LogP) is 12.4. The second-order valence-electron chi connectivity index (χ2n) is 18.8. The van der Waals surface area contributed by atoms with Crippen LogP contribution in [0.5, 0.6) is 28.7 Å². The highest BCUT2D eigenvalue weighted by atomic mass is 35.5. The van der Waals surface area contributed by atoms with Crippen LogP contribution in [0.4, 0.5) is 0 Å². The molecule has 394 valence electrons.